The third kappa shape index (κ3) is 4.45. The average Bonchev–Trinajstić information content (AvgIpc) is 2.42. The molecule has 0 fully saturated rings. The van der Waals surface area contributed by atoms with E-state index in [1.54, 1.807) is 0 Å². The van der Waals surface area contributed by atoms with Crippen LogP contribution in [-0.2, 0) is 0 Å². The molecule has 0 radical (unpaired) electrons. The molecule has 0 atom stereocenters. The minimum absolute atomic E-state index is 0.529. The van der Waals surface area contributed by atoms with Crippen molar-refractivity contribution in [1.29, 1.82) is 0 Å². The third-order valence-electron chi connectivity index (χ3n) is 3.27. The van der Waals surface area contributed by atoms with E-state index < -0.39 is 0 Å². The Hall–Kier alpha value is -1.58. The van der Waals surface area contributed by atoms with Gasteiger partial charge in [0.25, 0.3) is 0 Å². The fourth-order valence-corrected chi connectivity index (χ4v) is 2.46. The Morgan fingerprint density at radius 1 is 1.05 bits per heavy atom. The van der Waals surface area contributed by atoms with Crippen molar-refractivity contribution in [2.24, 2.45) is 0 Å². The first-order valence-corrected chi connectivity index (χ1v) is 7.68. The Morgan fingerprint density at radius 2 is 1.71 bits per heavy atom. The van der Waals surface area contributed by atoms with Gasteiger partial charge in [-0.3, -0.25) is 0 Å². The lowest BCUT2D eigenvalue weighted by molar-refractivity contribution is 0.867. The SMILES string of the molecule is Cc1cc(Cl)ccc1NC(=S)Nc1ccc(C(C)C)cc1. The van der Waals surface area contributed by atoms with Gasteiger partial charge in [0.05, 0.1) is 0 Å². The third-order valence-corrected chi connectivity index (χ3v) is 3.71. The van der Waals surface area contributed by atoms with Crippen LogP contribution in [0.4, 0.5) is 11.4 Å². The van der Waals surface area contributed by atoms with Crippen LogP contribution in [0.25, 0.3) is 0 Å². The first-order chi connectivity index (χ1) is 9.95. The van der Waals surface area contributed by atoms with Crippen molar-refractivity contribution >= 4 is 40.3 Å². The fourth-order valence-electron chi connectivity index (χ4n) is 2.00. The molecule has 2 nitrogen and oxygen atoms in total. The maximum atomic E-state index is 5.95. The Labute approximate surface area is 136 Å². The Balaban J connectivity index is 2.01. The summed E-state index contributed by atoms with van der Waals surface area (Å²) in [6, 6.07) is 14.0. The number of hydrogen-bond acceptors (Lipinski definition) is 1. The zero-order chi connectivity index (χ0) is 15.4. The number of halogens is 1. The molecule has 0 aliphatic carbocycles. The van der Waals surface area contributed by atoms with E-state index in [2.05, 4.69) is 36.6 Å². The predicted octanol–water partition coefficient (Wildman–Crippen LogP) is 5.58. The van der Waals surface area contributed by atoms with E-state index in [0.29, 0.717) is 11.0 Å². The maximum Gasteiger partial charge on any atom is 0.175 e. The smallest absolute Gasteiger partial charge is 0.175 e. The van der Waals surface area contributed by atoms with Gasteiger partial charge in [0.2, 0.25) is 0 Å². The van der Waals surface area contributed by atoms with Crippen LogP contribution in [0.5, 0.6) is 0 Å². The van der Waals surface area contributed by atoms with Crippen LogP contribution in [0.3, 0.4) is 0 Å². The Kier molecular flexibility index (Phi) is 5.21. The molecular formula is C17H19ClN2S. The normalized spacial score (nSPS) is 10.5. The van der Waals surface area contributed by atoms with E-state index in [-0.39, 0.29) is 0 Å². The number of benzene rings is 2. The molecule has 0 aliphatic rings. The van der Waals surface area contributed by atoms with Crippen LogP contribution in [0.2, 0.25) is 5.02 Å². The number of thiocarbonyl (C=S) groups is 1. The topological polar surface area (TPSA) is 24.1 Å². The fraction of sp³-hybridized carbons (Fsp3) is 0.235. The van der Waals surface area contributed by atoms with E-state index in [4.69, 9.17) is 23.8 Å². The van der Waals surface area contributed by atoms with Crippen molar-refractivity contribution in [2.45, 2.75) is 26.7 Å². The van der Waals surface area contributed by atoms with Gasteiger partial charge in [0, 0.05) is 16.4 Å². The number of rotatable bonds is 3. The quantitative estimate of drug-likeness (QED) is 0.722. The summed E-state index contributed by atoms with van der Waals surface area (Å²) >= 11 is 11.3. The van der Waals surface area contributed by atoms with Crippen molar-refractivity contribution in [3.8, 4) is 0 Å². The van der Waals surface area contributed by atoms with E-state index in [9.17, 15) is 0 Å². The molecule has 0 aromatic heterocycles. The van der Waals surface area contributed by atoms with Gasteiger partial charge < -0.3 is 10.6 Å². The molecular weight excluding hydrogens is 300 g/mol. The molecule has 0 bridgehead atoms. The van der Waals surface area contributed by atoms with Crippen molar-refractivity contribution < 1.29 is 0 Å². The summed E-state index contributed by atoms with van der Waals surface area (Å²) in [5.74, 6) is 0.529. The summed E-state index contributed by atoms with van der Waals surface area (Å²) < 4.78 is 0. The van der Waals surface area contributed by atoms with Crippen LogP contribution in [-0.4, -0.2) is 5.11 Å². The average molecular weight is 319 g/mol. The Bertz CT molecular complexity index is 636. The molecule has 0 saturated carbocycles. The molecule has 0 amide bonds. The van der Waals surface area contributed by atoms with E-state index >= 15 is 0 Å². The van der Waals surface area contributed by atoms with Gasteiger partial charge in [-0.1, -0.05) is 37.6 Å². The van der Waals surface area contributed by atoms with Gasteiger partial charge in [-0.2, -0.15) is 0 Å². The van der Waals surface area contributed by atoms with Crippen molar-refractivity contribution in [3.63, 3.8) is 0 Å². The molecule has 0 heterocycles. The summed E-state index contributed by atoms with van der Waals surface area (Å²) in [7, 11) is 0. The van der Waals surface area contributed by atoms with Gasteiger partial charge in [0.15, 0.2) is 5.11 Å². The summed E-state index contributed by atoms with van der Waals surface area (Å²) in [6.45, 7) is 6.35. The summed E-state index contributed by atoms with van der Waals surface area (Å²) in [4.78, 5) is 0. The van der Waals surface area contributed by atoms with Crippen molar-refractivity contribution in [2.75, 3.05) is 10.6 Å². The summed E-state index contributed by atoms with van der Waals surface area (Å²) in [6.07, 6.45) is 0. The summed E-state index contributed by atoms with van der Waals surface area (Å²) in [5.41, 5.74) is 4.30. The molecule has 0 spiro atoms. The summed E-state index contributed by atoms with van der Waals surface area (Å²) in [5, 5.41) is 7.66. The van der Waals surface area contributed by atoms with Crippen molar-refractivity contribution in [1.82, 2.24) is 0 Å². The molecule has 4 heteroatoms. The molecule has 0 aliphatic heterocycles. The monoisotopic (exact) mass is 318 g/mol. The zero-order valence-corrected chi connectivity index (χ0v) is 14.0. The zero-order valence-electron chi connectivity index (χ0n) is 12.4. The minimum atomic E-state index is 0.529. The largest absolute Gasteiger partial charge is 0.332 e. The van der Waals surface area contributed by atoms with Crippen LogP contribution >= 0.6 is 23.8 Å². The lowest BCUT2D eigenvalue weighted by Crippen LogP contribution is -2.19. The van der Waals surface area contributed by atoms with E-state index in [0.717, 1.165) is 22.0 Å². The molecule has 21 heavy (non-hydrogen) atoms. The van der Waals surface area contributed by atoms with E-state index in [1.807, 2.05) is 37.3 Å². The number of nitrogens with one attached hydrogen (secondary N) is 2. The number of aryl methyl sites for hydroxylation is 1. The second-order valence-electron chi connectivity index (χ2n) is 5.32. The van der Waals surface area contributed by atoms with Gasteiger partial charge in [-0.05, 0) is 66.5 Å². The van der Waals surface area contributed by atoms with Crippen molar-refractivity contribution in [3.05, 3.63) is 58.6 Å². The first kappa shape index (κ1) is 15.8. The molecule has 0 saturated heterocycles. The molecule has 2 N–H and O–H groups in total. The lowest BCUT2D eigenvalue weighted by atomic mass is 10.0. The van der Waals surface area contributed by atoms with E-state index in [1.165, 1.54) is 5.56 Å². The molecule has 110 valence electrons. The van der Waals surface area contributed by atoms with Crippen LogP contribution in [0.15, 0.2) is 42.5 Å². The van der Waals surface area contributed by atoms with Gasteiger partial charge in [0.1, 0.15) is 0 Å². The molecule has 2 aromatic rings. The first-order valence-electron chi connectivity index (χ1n) is 6.90. The van der Waals surface area contributed by atoms with Gasteiger partial charge in [-0.15, -0.1) is 0 Å². The van der Waals surface area contributed by atoms with Crippen LogP contribution in [0.1, 0.15) is 30.9 Å². The standard InChI is InChI=1S/C17H19ClN2S/c1-11(2)13-4-7-15(8-5-13)19-17(21)20-16-9-6-14(18)10-12(16)3/h4-11H,1-3H3,(H2,19,20,21). The highest BCUT2D eigenvalue weighted by atomic mass is 35.5. The molecule has 0 unspecified atom stereocenters. The highest BCUT2D eigenvalue weighted by molar-refractivity contribution is 7.80. The van der Waals surface area contributed by atoms with Gasteiger partial charge in [-0.25, -0.2) is 0 Å². The lowest BCUT2D eigenvalue weighted by Gasteiger charge is -2.13. The second kappa shape index (κ2) is 6.92. The number of anilines is 2. The highest BCUT2D eigenvalue weighted by Gasteiger charge is 2.03. The second-order valence-corrected chi connectivity index (χ2v) is 6.16. The van der Waals surface area contributed by atoms with Crippen LogP contribution < -0.4 is 10.6 Å². The minimum Gasteiger partial charge on any atom is -0.332 e. The molecule has 2 rings (SSSR count). The van der Waals surface area contributed by atoms with Gasteiger partial charge >= 0.3 is 0 Å². The molecule has 2 aromatic carbocycles. The maximum absolute atomic E-state index is 5.95. The van der Waals surface area contributed by atoms with Crippen LogP contribution in [0, 0.1) is 6.92 Å². The predicted molar refractivity (Wildman–Crippen MR) is 96.6 cm³/mol. The Morgan fingerprint density at radius 3 is 2.29 bits per heavy atom. The highest BCUT2D eigenvalue weighted by Crippen LogP contribution is 2.20. The number of hydrogen-bond donors (Lipinski definition) is 2.